The van der Waals surface area contributed by atoms with Crippen LogP contribution in [0.15, 0.2) is 48.5 Å². The van der Waals surface area contributed by atoms with E-state index in [1.54, 1.807) is 18.2 Å². The van der Waals surface area contributed by atoms with Crippen molar-refractivity contribution >= 4 is 34.3 Å². The minimum Gasteiger partial charge on any atom is -0.337 e. The summed E-state index contributed by atoms with van der Waals surface area (Å²) in [6.45, 7) is 1.46. The third-order valence-corrected chi connectivity index (χ3v) is 3.31. The number of allylic oxidation sites excluding steroid dienone is 1. The first-order valence-corrected chi connectivity index (χ1v) is 7.10. The number of anilines is 1. The number of rotatable bonds is 3. The normalized spacial score (nSPS) is 11.2. The van der Waals surface area contributed by atoms with Crippen LogP contribution in [0.4, 0.5) is 5.69 Å². The fourth-order valence-electron chi connectivity index (χ4n) is 2.27. The molecular formula is C18H14N4O. The second kappa shape index (κ2) is 6.16. The predicted molar refractivity (Wildman–Crippen MR) is 90.3 cm³/mol. The molecule has 0 aliphatic heterocycles. The maximum atomic E-state index is 11.0. The third kappa shape index (κ3) is 3.27. The summed E-state index contributed by atoms with van der Waals surface area (Å²) in [6.07, 6.45) is 1.76. The van der Waals surface area contributed by atoms with E-state index >= 15 is 0 Å². The minimum absolute atomic E-state index is 0.117. The van der Waals surface area contributed by atoms with Crippen LogP contribution in [0.2, 0.25) is 0 Å². The average molecular weight is 302 g/mol. The van der Waals surface area contributed by atoms with Gasteiger partial charge in [-0.15, -0.1) is 0 Å². The van der Waals surface area contributed by atoms with Crippen LogP contribution in [0.3, 0.4) is 0 Å². The highest BCUT2D eigenvalue weighted by Crippen LogP contribution is 2.20. The summed E-state index contributed by atoms with van der Waals surface area (Å²) in [6, 6.07) is 17.1. The van der Waals surface area contributed by atoms with Gasteiger partial charge in [0.15, 0.2) is 0 Å². The first kappa shape index (κ1) is 14.5. The van der Waals surface area contributed by atoms with Crippen molar-refractivity contribution in [3.8, 4) is 6.07 Å². The molecule has 2 aromatic carbocycles. The van der Waals surface area contributed by atoms with Gasteiger partial charge in [0, 0.05) is 12.6 Å². The number of fused-ring (bicyclic) bond motifs is 1. The van der Waals surface area contributed by atoms with E-state index in [2.05, 4.69) is 21.4 Å². The Balaban J connectivity index is 1.92. The zero-order valence-electron chi connectivity index (χ0n) is 12.5. The summed E-state index contributed by atoms with van der Waals surface area (Å²) in [5.41, 5.74) is 3.75. The number of hydrogen-bond donors (Lipinski definition) is 2. The highest BCUT2D eigenvalue weighted by Gasteiger charge is 2.07. The van der Waals surface area contributed by atoms with Gasteiger partial charge in [0.25, 0.3) is 0 Å². The average Bonchev–Trinajstić information content (AvgIpc) is 2.97. The molecule has 0 radical (unpaired) electrons. The summed E-state index contributed by atoms with van der Waals surface area (Å²) < 4.78 is 0. The Morgan fingerprint density at radius 1 is 1.22 bits per heavy atom. The second-order valence-corrected chi connectivity index (χ2v) is 5.08. The summed E-state index contributed by atoms with van der Waals surface area (Å²) in [5, 5.41) is 12.1. The molecule has 112 valence electrons. The van der Waals surface area contributed by atoms with Gasteiger partial charge < -0.3 is 10.3 Å². The van der Waals surface area contributed by atoms with Crippen molar-refractivity contribution in [2.45, 2.75) is 6.92 Å². The first-order chi connectivity index (χ1) is 11.2. The van der Waals surface area contributed by atoms with Gasteiger partial charge in [-0.3, -0.25) is 4.79 Å². The van der Waals surface area contributed by atoms with Crippen LogP contribution in [0.25, 0.3) is 22.7 Å². The number of benzene rings is 2. The Kier molecular flexibility index (Phi) is 3.89. The van der Waals surface area contributed by atoms with E-state index in [1.807, 2.05) is 36.4 Å². The van der Waals surface area contributed by atoms with Crippen LogP contribution < -0.4 is 5.32 Å². The van der Waals surface area contributed by atoms with E-state index < -0.39 is 0 Å². The van der Waals surface area contributed by atoms with E-state index in [-0.39, 0.29) is 5.91 Å². The molecule has 1 heterocycles. The number of aromatic amines is 1. The van der Waals surface area contributed by atoms with E-state index in [1.165, 1.54) is 6.92 Å². The molecule has 0 spiro atoms. The zero-order valence-corrected chi connectivity index (χ0v) is 12.5. The lowest BCUT2D eigenvalue weighted by Gasteiger charge is -2.02. The Hall–Kier alpha value is -3.39. The van der Waals surface area contributed by atoms with Crippen molar-refractivity contribution < 1.29 is 4.79 Å². The summed E-state index contributed by atoms with van der Waals surface area (Å²) in [7, 11) is 0. The Morgan fingerprint density at radius 2 is 1.96 bits per heavy atom. The van der Waals surface area contributed by atoms with Gasteiger partial charge in [-0.2, -0.15) is 5.26 Å². The van der Waals surface area contributed by atoms with Crippen molar-refractivity contribution in [1.29, 1.82) is 5.26 Å². The summed E-state index contributed by atoms with van der Waals surface area (Å²) >= 11 is 0. The van der Waals surface area contributed by atoms with Crippen LogP contribution in [-0.2, 0) is 4.79 Å². The number of carbonyl (C=O) groups excluding carboxylic acids is 1. The number of hydrogen-bond acceptors (Lipinski definition) is 3. The van der Waals surface area contributed by atoms with Gasteiger partial charge >= 0.3 is 0 Å². The second-order valence-electron chi connectivity index (χ2n) is 5.08. The molecule has 0 saturated carbocycles. The standard InChI is InChI=1S/C18H14N4O/c1-12(23)20-15-8-6-13(7-9-15)10-14(11-19)18-21-16-4-2-3-5-17(16)22-18/h2-10H,1H3,(H,20,23)(H,21,22)/b14-10+. The van der Waals surface area contributed by atoms with Crippen molar-refractivity contribution in [2.24, 2.45) is 0 Å². The Morgan fingerprint density at radius 3 is 2.61 bits per heavy atom. The number of amides is 1. The topological polar surface area (TPSA) is 81.6 Å². The van der Waals surface area contributed by atoms with Crippen LogP contribution in [0, 0.1) is 11.3 Å². The van der Waals surface area contributed by atoms with Crippen molar-refractivity contribution in [3.63, 3.8) is 0 Å². The van der Waals surface area contributed by atoms with E-state index in [0.717, 1.165) is 22.3 Å². The number of carbonyl (C=O) groups is 1. The molecule has 0 saturated heterocycles. The SMILES string of the molecule is CC(=O)Nc1ccc(/C=C(\C#N)c2nc3ccccc3[nH]2)cc1. The number of aromatic nitrogens is 2. The molecule has 0 bridgehead atoms. The van der Waals surface area contributed by atoms with Gasteiger partial charge in [0.1, 0.15) is 11.9 Å². The van der Waals surface area contributed by atoms with Crippen molar-refractivity contribution in [1.82, 2.24) is 9.97 Å². The molecule has 23 heavy (non-hydrogen) atoms. The van der Waals surface area contributed by atoms with E-state index in [4.69, 9.17) is 0 Å². The van der Waals surface area contributed by atoms with Crippen LogP contribution >= 0.6 is 0 Å². The van der Waals surface area contributed by atoms with Gasteiger partial charge in [-0.25, -0.2) is 4.98 Å². The summed E-state index contributed by atoms with van der Waals surface area (Å²) in [5.74, 6) is 0.424. The Bertz CT molecular complexity index is 897. The molecule has 5 nitrogen and oxygen atoms in total. The molecule has 0 fully saturated rings. The van der Waals surface area contributed by atoms with Gasteiger partial charge in [-0.1, -0.05) is 24.3 Å². The smallest absolute Gasteiger partial charge is 0.221 e. The zero-order chi connectivity index (χ0) is 16.2. The maximum Gasteiger partial charge on any atom is 0.221 e. The lowest BCUT2D eigenvalue weighted by molar-refractivity contribution is -0.114. The summed E-state index contributed by atoms with van der Waals surface area (Å²) in [4.78, 5) is 18.6. The maximum absolute atomic E-state index is 11.0. The van der Waals surface area contributed by atoms with Crippen LogP contribution in [0.5, 0.6) is 0 Å². The number of imidazole rings is 1. The molecule has 3 rings (SSSR count). The van der Waals surface area contributed by atoms with Gasteiger partial charge in [0.2, 0.25) is 5.91 Å². The Labute approximate surface area is 133 Å². The minimum atomic E-state index is -0.117. The molecule has 0 atom stereocenters. The molecule has 1 aromatic heterocycles. The molecule has 5 heteroatoms. The lowest BCUT2D eigenvalue weighted by atomic mass is 10.1. The number of nitriles is 1. The van der Waals surface area contributed by atoms with E-state index in [9.17, 15) is 10.1 Å². The van der Waals surface area contributed by atoms with Crippen molar-refractivity contribution in [2.75, 3.05) is 5.32 Å². The number of nitrogens with zero attached hydrogens (tertiary/aromatic N) is 2. The van der Waals surface area contributed by atoms with E-state index in [0.29, 0.717) is 11.4 Å². The highest BCUT2D eigenvalue weighted by molar-refractivity contribution is 5.91. The fourth-order valence-corrected chi connectivity index (χ4v) is 2.27. The molecule has 0 aliphatic carbocycles. The first-order valence-electron chi connectivity index (χ1n) is 7.10. The molecule has 3 aromatic rings. The molecular weight excluding hydrogens is 288 g/mol. The van der Waals surface area contributed by atoms with Gasteiger partial charge in [0.05, 0.1) is 16.6 Å². The monoisotopic (exact) mass is 302 g/mol. The number of H-pyrrole nitrogens is 1. The predicted octanol–water partition coefficient (Wildman–Crippen LogP) is 3.59. The molecule has 0 unspecified atom stereocenters. The quantitative estimate of drug-likeness (QED) is 0.725. The molecule has 2 N–H and O–H groups in total. The number of nitrogens with one attached hydrogen (secondary N) is 2. The molecule has 0 aliphatic rings. The highest BCUT2D eigenvalue weighted by atomic mass is 16.1. The van der Waals surface area contributed by atoms with Crippen LogP contribution in [0.1, 0.15) is 18.3 Å². The largest absolute Gasteiger partial charge is 0.337 e. The lowest BCUT2D eigenvalue weighted by Crippen LogP contribution is -2.05. The van der Waals surface area contributed by atoms with Gasteiger partial charge in [-0.05, 0) is 35.9 Å². The molecule has 1 amide bonds. The third-order valence-electron chi connectivity index (χ3n) is 3.31. The number of para-hydroxylation sites is 2. The van der Waals surface area contributed by atoms with Crippen LogP contribution in [-0.4, -0.2) is 15.9 Å². The van der Waals surface area contributed by atoms with Crippen molar-refractivity contribution in [3.05, 3.63) is 59.9 Å². The fraction of sp³-hybridized carbons (Fsp3) is 0.0556.